The number of benzene rings is 1. The maximum Gasteiger partial charge on any atom is 0.326 e. The molecule has 26 nitrogen and oxygen atoms in total. The number of imide groups is 1. The van der Waals surface area contributed by atoms with Gasteiger partial charge in [-0.25, -0.2) is 14.8 Å². The topological polar surface area (TPSA) is 381 Å². The molecule has 1 aliphatic rings. The van der Waals surface area contributed by atoms with Crippen molar-refractivity contribution in [2.24, 2.45) is 5.92 Å². The van der Waals surface area contributed by atoms with Gasteiger partial charge in [0.2, 0.25) is 29.5 Å². The number of carboxylic acid groups (broad SMARTS) is 1. The van der Waals surface area contributed by atoms with E-state index in [4.69, 9.17) is 11.5 Å². The Kier molecular flexibility index (Phi) is 17.3. The summed E-state index contributed by atoms with van der Waals surface area (Å²) in [5, 5.41) is 37.9. The lowest BCUT2D eigenvalue weighted by Crippen LogP contribution is -2.53. The Morgan fingerprint density at radius 3 is 2.35 bits per heavy atom. The van der Waals surface area contributed by atoms with Gasteiger partial charge >= 0.3 is 5.97 Å². The molecule has 0 fully saturated rings. The van der Waals surface area contributed by atoms with Crippen LogP contribution in [0.1, 0.15) is 85.0 Å². The quantitative estimate of drug-likeness (QED) is 0.0307. The first-order valence-electron chi connectivity index (χ1n) is 22.4. The molecule has 0 saturated heterocycles. The standard InChI is InChI=1S/C44H53N17O9S/c1-22(2)34(53-30(62)10-6-5-7-18-61-31(63)14-15-32(61)64)42(68)49-23(3)39(65)51-24-11-12-26(27(19-24)37-56-58-59-57-37)40(66)47-17-8-9-28(43(69)70)52-41(67)29-13-16-33(71-29)60(4)21-25-20-48-38-35(50-25)36(45)54-44(46)55-38/h11-16,19-20,22-23,28,34H,5-10,17-18,21H2,1-4H3,(H,47,66)(H,49,68)(H,51,65)(H,52,67)(H,53,62)(H,69,70)(H,56,57,58,59)(H4,45,46,48,54,55)/t23-,28-,34-/m0/s1. The van der Waals surface area contributed by atoms with Gasteiger partial charge in [0.05, 0.1) is 33.9 Å². The molecule has 0 aliphatic carbocycles. The summed E-state index contributed by atoms with van der Waals surface area (Å²) < 4.78 is 0. The number of carboxylic acids is 1. The van der Waals surface area contributed by atoms with Crippen molar-refractivity contribution in [3.05, 3.63) is 64.8 Å². The lowest BCUT2D eigenvalue weighted by atomic mass is 10.0. The summed E-state index contributed by atoms with van der Waals surface area (Å²) in [6, 6.07) is 4.35. The van der Waals surface area contributed by atoms with Crippen molar-refractivity contribution in [1.29, 1.82) is 0 Å². The monoisotopic (exact) mass is 995 g/mol. The van der Waals surface area contributed by atoms with Gasteiger partial charge in [-0.15, -0.1) is 21.5 Å². The van der Waals surface area contributed by atoms with Crippen LogP contribution < -0.4 is 43.0 Å². The number of thiophene rings is 1. The number of tetrazole rings is 1. The van der Waals surface area contributed by atoms with Gasteiger partial charge in [0.1, 0.15) is 18.1 Å². The number of nitrogen functional groups attached to an aromatic ring is 2. The van der Waals surface area contributed by atoms with Crippen LogP contribution in [-0.2, 0) is 35.3 Å². The van der Waals surface area contributed by atoms with E-state index in [-0.39, 0.29) is 101 Å². The average Bonchev–Trinajstić information content (AvgIpc) is 4.12. The van der Waals surface area contributed by atoms with Gasteiger partial charge in [-0.05, 0) is 74.1 Å². The number of anilines is 4. The summed E-state index contributed by atoms with van der Waals surface area (Å²) in [6.07, 6.45) is 5.80. The van der Waals surface area contributed by atoms with Gasteiger partial charge in [0, 0.05) is 50.0 Å². The maximum absolute atomic E-state index is 13.5. The zero-order valence-corrected chi connectivity index (χ0v) is 39.9. The summed E-state index contributed by atoms with van der Waals surface area (Å²) in [4.78, 5) is 122. The van der Waals surface area contributed by atoms with Crippen molar-refractivity contribution in [2.45, 2.75) is 84.0 Å². The number of aromatic amines is 1. The molecule has 0 saturated carbocycles. The number of H-pyrrole nitrogens is 1. The molecule has 3 atom stereocenters. The number of hydrogen-bond donors (Lipinski definition) is 9. The number of aliphatic carboxylic acids is 1. The van der Waals surface area contributed by atoms with Crippen molar-refractivity contribution in [1.82, 2.24) is 66.7 Å². The molecule has 0 spiro atoms. The summed E-state index contributed by atoms with van der Waals surface area (Å²) >= 11 is 1.14. The molecule has 71 heavy (non-hydrogen) atoms. The Labute approximate surface area is 409 Å². The van der Waals surface area contributed by atoms with E-state index in [0.717, 1.165) is 16.2 Å². The van der Waals surface area contributed by atoms with E-state index in [0.29, 0.717) is 42.0 Å². The molecule has 6 rings (SSSR count). The predicted molar refractivity (Wildman–Crippen MR) is 258 cm³/mol. The zero-order valence-electron chi connectivity index (χ0n) is 39.1. The van der Waals surface area contributed by atoms with Crippen LogP contribution in [0.4, 0.5) is 22.5 Å². The largest absolute Gasteiger partial charge is 0.480 e. The van der Waals surface area contributed by atoms with Gasteiger partial charge in [-0.3, -0.25) is 38.5 Å². The molecule has 1 aliphatic heterocycles. The molecule has 1 aromatic carbocycles. The van der Waals surface area contributed by atoms with E-state index >= 15 is 0 Å². The zero-order chi connectivity index (χ0) is 51.4. The second kappa shape index (κ2) is 23.7. The van der Waals surface area contributed by atoms with E-state index in [1.54, 1.807) is 33.0 Å². The Balaban J connectivity index is 0.965. The summed E-state index contributed by atoms with van der Waals surface area (Å²) in [7, 11) is 1.79. The lowest BCUT2D eigenvalue weighted by Gasteiger charge is -2.24. The second-order valence-electron chi connectivity index (χ2n) is 16.7. The lowest BCUT2D eigenvalue weighted by molar-refractivity contribution is -0.139. The summed E-state index contributed by atoms with van der Waals surface area (Å²) in [6.45, 7) is 5.53. The van der Waals surface area contributed by atoms with E-state index in [1.165, 1.54) is 43.5 Å². The molecule has 5 heterocycles. The third-order valence-corrected chi connectivity index (χ3v) is 12.2. The molecule has 0 bridgehead atoms. The van der Waals surface area contributed by atoms with Gasteiger partial charge in [0.15, 0.2) is 17.0 Å². The number of fused-ring (bicyclic) bond motifs is 1. The van der Waals surface area contributed by atoms with E-state index in [2.05, 4.69) is 67.1 Å². The first-order valence-corrected chi connectivity index (χ1v) is 23.2. The van der Waals surface area contributed by atoms with Crippen LogP contribution in [0.15, 0.2) is 48.7 Å². The highest BCUT2D eigenvalue weighted by Crippen LogP contribution is 2.28. The van der Waals surface area contributed by atoms with E-state index < -0.39 is 47.7 Å². The van der Waals surface area contributed by atoms with Crippen molar-refractivity contribution in [3.63, 3.8) is 0 Å². The normalized spacial score (nSPS) is 13.5. The highest BCUT2D eigenvalue weighted by Gasteiger charge is 2.28. The molecular formula is C44H53N17O9S. The molecule has 11 N–H and O–H groups in total. The number of unbranched alkanes of at least 4 members (excludes halogenated alkanes) is 2. The van der Waals surface area contributed by atoms with Gasteiger partial charge in [-0.1, -0.05) is 20.3 Å². The highest BCUT2D eigenvalue weighted by atomic mass is 32.1. The fraction of sp³-hybridized carbons (Fsp3) is 0.386. The van der Waals surface area contributed by atoms with Crippen LogP contribution >= 0.6 is 11.3 Å². The number of nitrogens with one attached hydrogen (secondary N) is 6. The Bertz CT molecular complexity index is 2820. The Hall–Kier alpha value is -8.49. The van der Waals surface area contributed by atoms with Gasteiger partial charge in [-0.2, -0.15) is 15.2 Å². The fourth-order valence-electron chi connectivity index (χ4n) is 7.19. The van der Waals surface area contributed by atoms with Crippen molar-refractivity contribution in [2.75, 3.05) is 41.8 Å². The first kappa shape index (κ1) is 51.9. The molecule has 27 heteroatoms. The van der Waals surface area contributed by atoms with E-state index in [9.17, 15) is 43.5 Å². The number of amides is 7. The average molecular weight is 996 g/mol. The number of nitrogens with zero attached hydrogens (tertiary/aromatic N) is 9. The summed E-state index contributed by atoms with van der Waals surface area (Å²) in [5.74, 6) is -4.92. The highest BCUT2D eigenvalue weighted by molar-refractivity contribution is 7.18. The van der Waals surface area contributed by atoms with Crippen LogP contribution in [0.5, 0.6) is 0 Å². The fourth-order valence-corrected chi connectivity index (χ4v) is 8.06. The number of carbonyl (C=O) groups excluding carboxylic acids is 7. The van der Waals surface area contributed by atoms with Crippen molar-refractivity contribution < 1.29 is 43.5 Å². The maximum atomic E-state index is 13.5. The molecule has 0 radical (unpaired) electrons. The second-order valence-corrected chi connectivity index (χ2v) is 17.8. The van der Waals surface area contributed by atoms with Crippen LogP contribution in [0.3, 0.4) is 0 Å². The van der Waals surface area contributed by atoms with Crippen LogP contribution in [0.2, 0.25) is 0 Å². The minimum atomic E-state index is -1.27. The number of nitrogens with two attached hydrogens (primary N) is 2. The van der Waals surface area contributed by atoms with Gasteiger partial charge < -0.3 is 48.1 Å². The van der Waals surface area contributed by atoms with Gasteiger partial charge in [0.25, 0.3) is 23.6 Å². The molecule has 374 valence electrons. The molecular weight excluding hydrogens is 943 g/mol. The molecule has 4 aromatic heterocycles. The molecule has 0 unspecified atom stereocenters. The van der Waals surface area contributed by atoms with Crippen molar-refractivity contribution in [3.8, 4) is 11.4 Å². The summed E-state index contributed by atoms with van der Waals surface area (Å²) in [5.41, 5.74) is 13.2. The Morgan fingerprint density at radius 1 is 0.887 bits per heavy atom. The number of rotatable bonds is 24. The number of aromatic nitrogens is 8. The first-order chi connectivity index (χ1) is 33.9. The smallest absolute Gasteiger partial charge is 0.326 e. The molecule has 5 aromatic rings. The number of carbonyl (C=O) groups is 8. The third kappa shape index (κ3) is 13.8. The number of hydrogen-bond acceptors (Lipinski definition) is 19. The minimum Gasteiger partial charge on any atom is -0.480 e. The van der Waals surface area contributed by atoms with Crippen LogP contribution in [0.25, 0.3) is 22.6 Å². The van der Waals surface area contributed by atoms with Crippen molar-refractivity contribution >= 4 is 92.3 Å². The predicted octanol–water partition coefficient (Wildman–Crippen LogP) is 0.925. The van der Waals surface area contributed by atoms with Crippen LogP contribution in [0, 0.1) is 5.92 Å². The Morgan fingerprint density at radius 2 is 1.65 bits per heavy atom. The molecule has 7 amide bonds. The minimum absolute atomic E-state index is 0.0201. The third-order valence-electron chi connectivity index (χ3n) is 11.0. The van der Waals surface area contributed by atoms with E-state index in [1.807, 2.05) is 4.90 Å². The van der Waals surface area contributed by atoms with Crippen LogP contribution in [-0.4, -0.2) is 136 Å². The SMILES string of the molecule is CC(C)[C@H](NC(=O)CCCCCN1C(=O)C=CC1=O)C(=O)N[C@@H](C)C(=O)Nc1ccc(C(=O)NCCC[C@H](NC(=O)c2ccc(N(C)Cc3cnc4nc(N)nc(N)c4n3)s2)C(=O)O)c(-c2nn[nH]n2)c1.